The van der Waals surface area contributed by atoms with E-state index in [0.717, 1.165) is 6.54 Å². The molecular weight excluding hydrogens is 130 g/mol. The van der Waals surface area contributed by atoms with Crippen molar-refractivity contribution >= 4 is 8.48 Å². The van der Waals surface area contributed by atoms with Crippen molar-refractivity contribution in [3.05, 3.63) is 0 Å². The van der Waals surface area contributed by atoms with Crippen molar-refractivity contribution in [2.45, 2.75) is 25.4 Å². The molecule has 9 heavy (non-hydrogen) atoms. The van der Waals surface area contributed by atoms with Crippen LogP contribution in [-0.2, 0) is 4.43 Å². The van der Waals surface area contributed by atoms with E-state index in [1.807, 2.05) is 7.11 Å². The summed E-state index contributed by atoms with van der Waals surface area (Å²) in [4.78, 5) is 3.46. The predicted molar refractivity (Wildman–Crippen MR) is 40.7 cm³/mol. The Morgan fingerprint density at radius 2 is 2.22 bits per heavy atom. The lowest BCUT2D eigenvalue weighted by molar-refractivity contribution is 0.370. The van der Waals surface area contributed by atoms with E-state index in [4.69, 9.17) is 4.43 Å². The highest BCUT2D eigenvalue weighted by molar-refractivity contribution is 6.70. The van der Waals surface area contributed by atoms with E-state index in [0.29, 0.717) is 0 Å². The lowest BCUT2D eigenvalue weighted by Crippen LogP contribution is -2.52. The molecule has 0 saturated carbocycles. The van der Waals surface area contributed by atoms with E-state index in [1.54, 1.807) is 0 Å². The van der Waals surface area contributed by atoms with E-state index in [2.05, 4.69) is 11.5 Å². The number of nitrogens with one attached hydrogen (secondary N) is 1. The second-order valence-electron chi connectivity index (χ2n) is 2.82. The minimum atomic E-state index is -1.36. The highest BCUT2D eigenvalue weighted by atomic mass is 28.4. The third-order valence-corrected chi connectivity index (χ3v) is 5.24. The van der Waals surface area contributed by atoms with Gasteiger partial charge in [0.25, 0.3) is 8.48 Å². The molecule has 1 heterocycles. The molecule has 0 aromatic carbocycles. The summed E-state index contributed by atoms with van der Waals surface area (Å²) < 4.78 is 5.41. The monoisotopic (exact) mass is 145 g/mol. The average molecular weight is 145 g/mol. The first-order valence-electron chi connectivity index (χ1n) is 3.57. The molecule has 0 aromatic rings. The quantitative estimate of drug-likeness (QED) is 0.558. The van der Waals surface area contributed by atoms with Crippen LogP contribution in [-0.4, -0.2) is 22.1 Å². The van der Waals surface area contributed by atoms with Crippen molar-refractivity contribution in [1.29, 1.82) is 0 Å². The van der Waals surface area contributed by atoms with Gasteiger partial charge in [-0.3, -0.25) is 0 Å². The summed E-state index contributed by atoms with van der Waals surface area (Å²) in [5.74, 6) is 0. The van der Waals surface area contributed by atoms with Crippen molar-refractivity contribution in [1.82, 2.24) is 4.98 Å². The lowest BCUT2D eigenvalue weighted by atomic mass is 10.3. The van der Waals surface area contributed by atoms with Gasteiger partial charge in [-0.05, 0) is 25.6 Å². The fourth-order valence-corrected chi connectivity index (χ4v) is 3.36. The zero-order chi connectivity index (χ0) is 6.74. The van der Waals surface area contributed by atoms with Gasteiger partial charge in [-0.25, -0.2) is 0 Å². The molecule has 0 radical (unpaired) electrons. The van der Waals surface area contributed by atoms with Crippen LogP contribution in [0.3, 0.4) is 0 Å². The fraction of sp³-hybridized carbons (Fsp3) is 1.00. The molecule has 0 bridgehead atoms. The summed E-state index contributed by atoms with van der Waals surface area (Å²) in [5, 5.41) is 0. The molecule has 0 amide bonds. The third-order valence-electron chi connectivity index (χ3n) is 2.03. The van der Waals surface area contributed by atoms with Crippen LogP contribution < -0.4 is 4.98 Å². The second-order valence-corrected chi connectivity index (χ2v) is 6.54. The zero-order valence-electron chi connectivity index (χ0n) is 6.24. The average Bonchev–Trinajstić information content (AvgIpc) is 1.90. The van der Waals surface area contributed by atoms with Crippen molar-refractivity contribution in [2.75, 3.05) is 13.7 Å². The molecule has 2 nitrogen and oxygen atoms in total. The molecule has 1 aliphatic rings. The Morgan fingerprint density at radius 1 is 1.44 bits per heavy atom. The van der Waals surface area contributed by atoms with Gasteiger partial charge in [0.2, 0.25) is 0 Å². The smallest absolute Gasteiger partial charge is 0.265 e. The van der Waals surface area contributed by atoms with Crippen LogP contribution in [0.4, 0.5) is 0 Å². The molecule has 1 aliphatic heterocycles. The van der Waals surface area contributed by atoms with Gasteiger partial charge >= 0.3 is 0 Å². The molecule has 0 aromatic heterocycles. The molecular formula is C6H15NOSi. The minimum Gasteiger partial charge on any atom is -0.406 e. The van der Waals surface area contributed by atoms with Gasteiger partial charge < -0.3 is 9.41 Å². The molecule has 1 fully saturated rings. The first kappa shape index (κ1) is 7.25. The number of hydrogen-bond acceptors (Lipinski definition) is 2. The Labute approximate surface area is 57.8 Å². The zero-order valence-corrected chi connectivity index (χ0v) is 7.24. The molecule has 3 heteroatoms. The van der Waals surface area contributed by atoms with E-state index in [1.165, 1.54) is 18.9 Å². The maximum Gasteiger partial charge on any atom is 0.265 e. The van der Waals surface area contributed by atoms with Crippen LogP contribution in [0.5, 0.6) is 0 Å². The Morgan fingerprint density at radius 3 is 2.56 bits per heavy atom. The first-order chi connectivity index (χ1) is 4.27. The Hall–Kier alpha value is 0.137. The normalized spacial score (nSPS) is 36.7. The lowest BCUT2D eigenvalue weighted by Gasteiger charge is -2.30. The number of hydrogen-bond donors (Lipinski definition) is 1. The highest BCUT2D eigenvalue weighted by Gasteiger charge is 2.29. The molecule has 54 valence electrons. The SMILES string of the molecule is CO[Si]1(C)CCCCN1. The van der Waals surface area contributed by atoms with Crippen LogP contribution in [0.1, 0.15) is 12.8 Å². The van der Waals surface area contributed by atoms with Gasteiger partial charge in [0, 0.05) is 7.11 Å². The topological polar surface area (TPSA) is 21.3 Å². The Balaban J connectivity index is 2.37. The summed E-state index contributed by atoms with van der Waals surface area (Å²) in [6.07, 6.45) is 2.68. The van der Waals surface area contributed by atoms with Gasteiger partial charge in [0.15, 0.2) is 0 Å². The van der Waals surface area contributed by atoms with Gasteiger partial charge in [-0.15, -0.1) is 0 Å². The van der Waals surface area contributed by atoms with Gasteiger partial charge in [-0.2, -0.15) is 0 Å². The first-order valence-corrected chi connectivity index (χ1v) is 6.18. The van der Waals surface area contributed by atoms with Crippen LogP contribution in [0.15, 0.2) is 0 Å². The van der Waals surface area contributed by atoms with E-state index in [9.17, 15) is 0 Å². The van der Waals surface area contributed by atoms with E-state index < -0.39 is 8.48 Å². The summed E-state index contributed by atoms with van der Waals surface area (Å²) in [7, 11) is 0.463. The summed E-state index contributed by atoms with van der Waals surface area (Å²) in [5.41, 5.74) is 0. The minimum absolute atomic E-state index is 1.16. The molecule has 0 spiro atoms. The molecule has 1 atom stereocenters. The summed E-state index contributed by atoms with van der Waals surface area (Å²) in [6, 6.07) is 1.28. The van der Waals surface area contributed by atoms with Gasteiger partial charge in [-0.1, -0.05) is 6.42 Å². The van der Waals surface area contributed by atoms with Crippen molar-refractivity contribution in [3.8, 4) is 0 Å². The maximum absolute atomic E-state index is 5.41. The third kappa shape index (κ3) is 1.78. The van der Waals surface area contributed by atoms with Crippen molar-refractivity contribution < 1.29 is 4.43 Å². The second kappa shape index (κ2) is 2.81. The fourth-order valence-electron chi connectivity index (χ4n) is 1.20. The van der Waals surface area contributed by atoms with Crippen LogP contribution in [0.2, 0.25) is 12.6 Å². The summed E-state index contributed by atoms with van der Waals surface area (Å²) in [6.45, 7) is 3.41. The molecule has 1 unspecified atom stereocenters. The highest BCUT2D eigenvalue weighted by Crippen LogP contribution is 2.15. The largest absolute Gasteiger partial charge is 0.406 e. The van der Waals surface area contributed by atoms with Crippen LogP contribution in [0, 0.1) is 0 Å². The Bertz CT molecular complexity index is 91.1. The van der Waals surface area contributed by atoms with Crippen LogP contribution in [0.25, 0.3) is 0 Å². The summed E-state index contributed by atoms with van der Waals surface area (Å²) >= 11 is 0. The molecule has 1 rings (SSSR count). The predicted octanol–water partition coefficient (Wildman–Crippen LogP) is 1.09. The van der Waals surface area contributed by atoms with Gasteiger partial charge in [0.05, 0.1) is 0 Å². The molecule has 1 saturated heterocycles. The van der Waals surface area contributed by atoms with Crippen LogP contribution >= 0.6 is 0 Å². The van der Waals surface area contributed by atoms with Crippen molar-refractivity contribution in [3.63, 3.8) is 0 Å². The maximum atomic E-state index is 5.41. The van der Waals surface area contributed by atoms with E-state index in [-0.39, 0.29) is 0 Å². The van der Waals surface area contributed by atoms with E-state index >= 15 is 0 Å². The standard InChI is InChI=1S/C6H15NOSi/c1-8-9(2)6-4-3-5-7-9/h7H,3-6H2,1-2H3. The molecule has 0 aliphatic carbocycles. The van der Waals surface area contributed by atoms with Crippen molar-refractivity contribution in [2.24, 2.45) is 0 Å². The Kier molecular flexibility index (Phi) is 2.27. The molecule has 1 N–H and O–H groups in total. The number of rotatable bonds is 1. The van der Waals surface area contributed by atoms with Gasteiger partial charge in [0.1, 0.15) is 0 Å².